The average Bonchev–Trinajstić information content (AvgIpc) is 3.21. The van der Waals surface area contributed by atoms with Gasteiger partial charge in [0.25, 0.3) is 0 Å². The van der Waals surface area contributed by atoms with Crippen molar-refractivity contribution in [3.8, 4) is 0 Å². The van der Waals surface area contributed by atoms with E-state index in [9.17, 15) is 14.0 Å². The number of carbonyl (C=O) groups excluding carboxylic acids is 1. The van der Waals surface area contributed by atoms with Crippen molar-refractivity contribution in [1.82, 2.24) is 10.2 Å². The summed E-state index contributed by atoms with van der Waals surface area (Å²) in [5, 5.41) is 11.5. The zero-order valence-electron chi connectivity index (χ0n) is 11.7. The Kier molecular flexibility index (Phi) is 5.14. The number of hydrogen-bond acceptors (Lipinski definition) is 2. The van der Waals surface area contributed by atoms with Crippen molar-refractivity contribution in [3.63, 3.8) is 0 Å². The van der Waals surface area contributed by atoms with Crippen LogP contribution in [0.4, 0.5) is 9.18 Å². The van der Waals surface area contributed by atoms with Gasteiger partial charge in [0.15, 0.2) is 0 Å². The molecule has 6 heteroatoms. The number of rotatable bonds is 7. The monoisotopic (exact) mass is 294 g/mol. The van der Waals surface area contributed by atoms with Crippen LogP contribution < -0.4 is 5.32 Å². The molecule has 0 heterocycles. The molecule has 2 N–H and O–H groups in total. The van der Waals surface area contributed by atoms with E-state index < -0.39 is 5.97 Å². The van der Waals surface area contributed by atoms with Gasteiger partial charge in [0.1, 0.15) is 12.4 Å². The molecule has 1 aromatic rings. The zero-order chi connectivity index (χ0) is 15.2. The molecule has 0 spiro atoms. The molecule has 0 saturated heterocycles. The van der Waals surface area contributed by atoms with E-state index in [-0.39, 0.29) is 18.4 Å². The predicted molar refractivity (Wildman–Crippen MR) is 75.4 cm³/mol. The van der Waals surface area contributed by atoms with E-state index in [1.165, 1.54) is 17.0 Å². The Morgan fingerprint density at radius 2 is 2.14 bits per heavy atom. The van der Waals surface area contributed by atoms with E-state index in [1.54, 1.807) is 12.1 Å². The first-order valence-electron chi connectivity index (χ1n) is 7.03. The summed E-state index contributed by atoms with van der Waals surface area (Å²) in [7, 11) is 0. The van der Waals surface area contributed by atoms with Crippen LogP contribution in [0.2, 0.25) is 0 Å². The molecule has 2 rings (SSSR count). The number of halogens is 1. The molecule has 1 fully saturated rings. The smallest absolute Gasteiger partial charge is 0.323 e. The second-order valence-corrected chi connectivity index (χ2v) is 5.33. The molecule has 1 aromatic carbocycles. The van der Waals surface area contributed by atoms with E-state index in [2.05, 4.69) is 5.32 Å². The molecule has 1 aliphatic rings. The summed E-state index contributed by atoms with van der Waals surface area (Å²) >= 11 is 0. The topological polar surface area (TPSA) is 69.6 Å². The first-order valence-corrected chi connectivity index (χ1v) is 7.03. The number of hydrogen-bond donors (Lipinski definition) is 2. The Morgan fingerprint density at radius 3 is 2.76 bits per heavy atom. The van der Waals surface area contributed by atoms with Crippen LogP contribution in [-0.2, 0) is 11.2 Å². The first kappa shape index (κ1) is 15.3. The van der Waals surface area contributed by atoms with Crippen LogP contribution in [-0.4, -0.2) is 41.6 Å². The van der Waals surface area contributed by atoms with Gasteiger partial charge in [0.2, 0.25) is 0 Å². The van der Waals surface area contributed by atoms with Gasteiger partial charge < -0.3 is 15.3 Å². The van der Waals surface area contributed by atoms with Gasteiger partial charge >= 0.3 is 12.0 Å². The van der Waals surface area contributed by atoms with Crippen LogP contribution in [0, 0.1) is 11.7 Å². The minimum atomic E-state index is -1.02. The first-order chi connectivity index (χ1) is 10.0. The number of nitrogens with zero attached hydrogens (tertiary/aromatic N) is 1. The van der Waals surface area contributed by atoms with Gasteiger partial charge in [-0.3, -0.25) is 4.79 Å². The number of amides is 2. The number of aliphatic carboxylic acids is 1. The molecular formula is C15H19FN2O3. The number of carboxylic acid groups (broad SMARTS) is 1. The lowest BCUT2D eigenvalue weighted by Crippen LogP contribution is -2.44. The molecule has 1 aliphatic carbocycles. The van der Waals surface area contributed by atoms with Crippen LogP contribution in [0.3, 0.4) is 0 Å². The van der Waals surface area contributed by atoms with Gasteiger partial charge in [0.05, 0.1) is 0 Å². The molecule has 114 valence electrons. The van der Waals surface area contributed by atoms with Crippen molar-refractivity contribution < 1.29 is 19.1 Å². The van der Waals surface area contributed by atoms with Gasteiger partial charge in [0, 0.05) is 13.1 Å². The van der Waals surface area contributed by atoms with E-state index in [0.29, 0.717) is 25.4 Å². The predicted octanol–water partition coefficient (Wildman–Crippen LogP) is 1.87. The number of urea groups is 1. The van der Waals surface area contributed by atoms with E-state index in [4.69, 9.17) is 5.11 Å². The number of nitrogens with one attached hydrogen (secondary N) is 1. The van der Waals surface area contributed by atoms with Gasteiger partial charge in [-0.15, -0.1) is 0 Å². The summed E-state index contributed by atoms with van der Waals surface area (Å²) in [5.41, 5.74) is 0.794. The maximum Gasteiger partial charge on any atom is 0.323 e. The molecule has 2 amide bonds. The number of carboxylic acids is 1. The highest BCUT2D eigenvalue weighted by Gasteiger charge is 2.27. The van der Waals surface area contributed by atoms with Crippen molar-refractivity contribution >= 4 is 12.0 Å². The van der Waals surface area contributed by atoms with Crippen molar-refractivity contribution in [3.05, 3.63) is 35.6 Å². The second-order valence-electron chi connectivity index (χ2n) is 5.33. The van der Waals surface area contributed by atoms with E-state index in [1.807, 2.05) is 0 Å². The Labute approximate surface area is 122 Å². The largest absolute Gasteiger partial charge is 0.480 e. The highest BCUT2D eigenvalue weighted by molar-refractivity contribution is 5.80. The highest BCUT2D eigenvalue weighted by Crippen LogP contribution is 2.29. The standard InChI is InChI=1S/C15H19FN2O3/c16-13-3-1-2-11(8-13)6-7-17-15(21)18(10-14(19)20)9-12-4-5-12/h1-3,8,12H,4-7,9-10H2,(H,17,21)(H,19,20). The number of carbonyl (C=O) groups is 2. The quantitative estimate of drug-likeness (QED) is 0.806. The zero-order valence-corrected chi connectivity index (χ0v) is 11.7. The molecular weight excluding hydrogens is 275 g/mol. The van der Waals surface area contributed by atoms with Gasteiger partial charge in [-0.05, 0) is 42.9 Å². The maximum atomic E-state index is 13.0. The third-order valence-electron chi connectivity index (χ3n) is 3.37. The summed E-state index contributed by atoms with van der Waals surface area (Å²) in [6, 6.07) is 5.82. The summed E-state index contributed by atoms with van der Waals surface area (Å²) in [5.74, 6) is -0.894. The summed E-state index contributed by atoms with van der Waals surface area (Å²) in [4.78, 5) is 24.1. The SMILES string of the molecule is O=C(O)CN(CC1CC1)C(=O)NCCc1cccc(F)c1. The third-order valence-corrected chi connectivity index (χ3v) is 3.37. The van der Waals surface area contributed by atoms with Crippen molar-refractivity contribution in [2.75, 3.05) is 19.6 Å². The molecule has 0 radical (unpaired) electrons. The van der Waals surface area contributed by atoms with E-state index in [0.717, 1.165) is 18.4 Å². The van der Waals surface area contributed by atoms with E-state index >= 15 is 0 Å². The normalized spacial score (nSPS) is 13.8. The summed E-state index contributed by atoms with van der Waals surface area (Å²) in [6.07, 6.45) is 2.60. The van der Waals surface area contributed by atoms with Crippen LogP contribution >= 0.6 is 0 Å². The van der Waals surface area contributed by atoms with Crippen LogP contribution in [0.5, 0.6) is 0 Å². The molecule has 21 heavy (non-hydrogen) atoms. The van der Waals surface area contributed by atoms with Gasteiger partial charge in [-0.2, -0.15) is 0 Å². The lowest BCUT2D eigenvalue weighted by Gasteiger charge is -2.21. The fraction of sp³-hybridized carbons (Fsp3) is 0.467. The van der Waals surface area contributed by atoms with Crippen LogP contribution in [0.25, 0.3) is 0 Å². The average molecular weight is 294 g/mol. The van der Waals surface area contributed by atoms with Gasteiger partial charge in [-0.25, -0.2) is 9.18 Å². The molecule has 0 aromatic heterocycles. The van der Waals surface area contributed by atoms with Crippen molar-refractivity contribution in [2.24, 2.45) is 5.92 Å². The Balaban J connectivity index is 1.79. The van der Waals surface area contributed by atoms with Crippen molar-refractivity contribution in [1.29, 1.82) is 0 Å². The second kappa shape index (κ2) is 7.06. The number of benzene rings is 1. The molecule has 0 bridgehead atoms. The third kappa shape index (κ3) is 5.41. The molecule has 0 aliphatic heterocycles. The summed E-state index contributed by atoms with van der Waals surface area (Å²) < 4.78 is 13.0. The molecule has 5 nitrogen and oxygen atoms in total. The fourth-order valence-corrected chi connectivity index (χ4v) is 2.11. The fourth-order valence-electron chi connectivity index (χ4n) is 2.11. The molecule has 0 unspecified atom stereocenters. The molecule has 0 atom stereocenters. The minimum Gasteiger partial charge on any atom is -0.480 e. The Hall–Kier alpha value is -2.11. The Morgan fingerprint density at radius 1 is 1.38 bits per heavy atom. The lowest BCUT2D eigenvalue weighted by molar-refractivity contribution is -0.137. The maximum absolute atomic E-state index is 13.0. The highest BCUT2D eigenvalue weighted by atomic mass is 19.1. The van der Waals surface area contributed by atoms with Crippen molar-refractivity contribution in [2.45, 2.75) is 19.3 Å². The van der Waals surface area contributed by atoms with Gasteiger partial charge in [-0.1, -0.05) is 12.1 Å². The lowest BCUT2D eigenvalue weighted by atomic mass is 10.1. The van der Waals surface area contributed by atoms with Crippen LogP contribution in [0.1, 0.15) is 18.4 Å². The Bertz CT molecular complexity index is 517. The van der Waals surface area contributed by atoms with Crippen LogP contribution in [0.15, 0.2) is 24.3 Å². The summed E-state index contributed by atoms with van der Waals surface area (Å²) in [6.45, 7) is 0.545. The minimum absolute atomic E-state index is 0.289. The molecule has 1 saturated carbocycles.